The molecule has 6 nitrogen and oxygen atoms in total. The maximum absolute atomic E-state index is 12.5. The van der Waals surface area contributed by atoms with E-state index in [1.807, 2.05) is 0 Å². The number of hydrogen-bond acceptors (Lipinski definition) is 5. The summed E-state index contributed by atoms with van der Waals surface area (Å²) in [5.74, 6) is -0.633. The molecule has 0 atom stereocenters. The van der Waals surface area contributed by atoms with Crippen LogP contribution in [0, 0.1) is 21.4 Å². The Hall–Kier alpha value is -2.30. The SMILES string of the molecule is COc1c(C(F)F)cnc(C#N)c1[N+](=O)[O-]. The molecule has 0 radical (unpaired) electrons. The number of halogens is 2. The molecule has 0 aliphatic carbocycles. The minimum absolute atomic E-state index is 0.564. The highest BCUT2D eigenvalue weighted by molar-refractivity contribution is 5.58. The van der Waals surface area contributed by atoms with E-state index >= 15 is 0 Å². The highest BCUT2D eigenvalue weighted by Gasteiger charge is 2.29. The standard InChI is InChI=1S/C8H5F2N3O3/c1-16-7-4(8(9)10)3-12-5(2-11)6(7)13(14)15/h3,8H,1H3. The number of methoxy groups -OCH3 is 1. The van der Waals surface area contributed by atoms with Crippen molar-refractivity contribution in [3.63, 3.8) is 0 Å². The van der Waals surface area contributed by atoms with Crippen molar-refractivity contribution in [2.24, 2.45) is 0 Å². The zero-order valence-electron chi connectivity index (χ0n) is 7.98. The molecule has 0 saturated heterocycles. The minimum atomic E-state index is -2.96. The molecule has 0 bridgehead atoms. The van der Waals surface area contributed by atoms with Crippen molar-refractivity contribution in [2.45, 2.75) is 6.43 Å². The summed E-state index contributed by atoms with van der Waals surface area (Å²) in [7, 11) is 1.01. The van der Waals surface area contributed by atoms with Crippen LogP contribution >= 0.6 is 0 Å². The molecule has 16 heavy (non-hydrogen) atoms. The number of nitriles is 1. The van der Waals surface area contributed by atoms with E-state index in [0.29, 0.717) is 6.20 Å². The van der Waals surface area contributed by atoms with E-state index in [1.54, 1.807) is 0 Å². The molecule has 1 aromatic rings. The third-order valence-corrected chi connectivity index (χ3v) is 1.76. The van der Waals surface area contributed by atoms with Crippen LogP contribution in [-0.4, -0.2) is 17.0 Å². The molecule has 1 aromatic heterocycles. The van der Waals surface area contributed by atoms with Gasteiger partial charge in [0.15, 0.2) is 0 Å². The van der Waals surface area contributed by atoms with E-state index in [4.69, 9.17) is 5.26 Å². The number of alkyl halides is 2. The van der Waals surface area contributed by atoms with Crippen LogP contribution in [-0.2, 0) is 0 Å². The number of ether oxygens (including phenoxy) is 1. The molecule has 0 unspecified atom stereocenters. The molecule has 0 N–H and O–H groups in total. The highest BCUT2D eigenvalue weighted by Crippen LogP contribution is 2.37. The maximum Gasteiger partial charge on any atom is 0.347 e. The second kappa shape index (κ2) is 4.48. The van der Waals surface area contributed by atoms with Crippen LogP contribution in [0.5, 0.6) is 5.75 Å². The third-order valence-electron chi connectivity index (χ3n) is 1.76. The van der Waals surface area contributed by atoms with Gasteiger partial charge in [0.25, 0.3) is 6.43 Å². The molecular formula is C8H5F2N3O3. The molecule has 0 aliphatic heterocycles. The van der Waals surface area contributed by atoms with E-state index in [1.165, 1.54) is 6.07 Å². The van der Waals surface area contributed by atoms with Gasteiger partial charge in [0, 0.05) is 6.20 Å². The predicted molar refractivity (Wildman–Crippen MR) is 47.1 cm³/mol. The highest BCUT2D eigenvalue weighted by atomic mass is 19.3. The minimum Gasteiger partial charge on any atom is -0.490 e. The first-order chi connectivity index (χ1) is 7.52. The topological polar surface area (TPSA) is 89.0 Å². The summed E-state index contributed by atoms with van der Waals surface area (Å²) in [4.78, 5) is 12.9. The van der Waals surface area contributed by atoms with E-state index in [2.05, 4.69) is 9.72 Å². The number of rotatable bonds is 3. The third kappa shape index (κ3) is 1.88. The Morgan fingerprint density at radius 1 is 1.69 bits per heavy atom. The van der Waals surface area contributed by atoms with Gasteiger partial charge in [-0.05, 0) is 0 Å². The smallest absolute Gasteiger partial charge is 0.347 e. The monoisotopic (exact) mass is 229 g/mol. The van der Waals surface area contributed by atoms with Gasteiger partial charge in [0.2, 0.25) is 11.4 Å². The quantitative estimate of drug-likeness (QED) is 0.582. The Bertz CT molecular complexity index is 470. The van der Waals surface area contributed by atoms with Gasteiger partial charge in [0.05, 0.1) is 17.6 Å². The Morgan fingerprint density at radius 3 is 2.69 bits per heavy atom. The van der Waals surface area contributed by atoms with Crippen molar-refractivity contribution < 1.29 is 18.4 Å². The second-order valence-electron chi connectivity index (χ2n) is 2.61. The van der Waals surface area contributed by atoms with Crippen LogP contribution in [0.25, 0.3) is 0 Å². The van der Waals surface area contributed by atoms with E-state index in [0.717, 1.165) is 7.11 Å². The van der Waals surface area contributed by atoms with Crippen molar-refractivity contribution in [1.29, 1.82) is 5.26 Å². The number of hydrogen-bond donors (Lipinski definition) is 0. The van der Waals surface area contributed by atoms with Gasteiger partial charge in [-0.2, -0.15) is 5.26 Å². The summed E-state index contributed by atoms with van der Waals surface area (Å²) in [6.07, 6.45) is -2.27. The van der Waals surface area contributed by atoms with Gasteiger partial charge in [-0.1, -0.05) is 0 Å². The van der Waals surface area contributed by atoms with Gasteiger partial charge in [-0.3, -0.25) is 10.1 Å². The van der Waals surface area contributed by atoms with Crippen molar-refractivity contribution in [3.05, 3.63) is 27.6 Å². The van der Waals surface area contributed by atoms with Gasteiger partial charge in [-0.15, -0.1) is 0 Å². The lowest BCUT2D eigenvalue weighted by Gasteiger charge is -2.07. The van der Waals surface area contributed by atoms with Gasteiger partial charge in [0.1, 0.15) is 6.07 Å². The first-order valence-corrected chi connectivity index (χ1v) is 3.92. The van der Waals surface area contributed by atoms with E-state index in [-0.39, 0.29) is 0 Å². The molecule has 1 rings (SSSR count). The summed E-state index contributed by atoms with van der Waals surface area (Å²) in [5, 5.41) is 19.2. The molecule has 0 aliphatic rings. The number of nitrogens with zero attached hydrogens (tertiary/aromatic N) is 3. The summed E-state index contributed by atoms with van der Waals surface area (Å²) >= 11 is 0. The average Bonchev–Trinajstić information content (AvgIpc) is 2.26. The van der Waals surface area contributed by atoms with Crippen molar-refractivity contribution in [3.8, 4) is 11.8 Å². The summed E-state index contributed by atoms with van der Waals surface area (Å²) in [5.41, 5.74) is -2.12. The number of nitro groups is 1. The zero-order chi connectivity index (χ0) is 12.3. The molecule has 1 heterocycles. The molecule has 0 fully saturated rings. The number of pyridine rings is 1. The maximum atomic E-state index is 12.5. The Balaban J connectivity index is 3.58. The summed E-state index contributed by atoms with van der Waals surface area (Å²) in [6.45, 7) is 0. The van der Waals surface area contributed by atoms with Crippen LogP contribution in [0.1, 0.15) is 17.7 Å². The first kappa shape index (κ1) is 11.8. The molecule has 0 saturated carbocycles. The fraction of sp³-hybridized carbons (Fsp3) is 0.250. The van der Waals surface area contributed by atoms with Crippen LogP contribution in [0.3, 0.4) is 0 Å². The van der Waals surface area contributed by atoms with Crippen LogP contribution in [0.15, 0.2) is 6.20 Å². The van der Waals surface area contributed by atoms with Gasteiger partial charge >= 0.3 is 5.69 Å². The molecular weight excluding hydrogens is 224 g/mol. The lowest BCUT2D eigenvalue weighted by Crippen LogP contribution is -2.03. The van der Waals surface area contributed by atoms with Crippen molar-refractivity contribution in [2.75, 3.05) is 7.11 Å². The zero-order valence-corrected chi connectivity index (χ0v) is 7.98. The molecule has 0 amide bonds. The largest absolute Gasteiger partial charge is 0.490 e. The Kier molecular flexibility index (Phi) is 3.30. The van der Waals surface area contributed by atoms with Gasteiger partial charge < -0.3 is 4.74 Å². The molecule has 84 valence electrons. The van der Waals surface area contributed by atoms with Crippen LogP contribution < -0.4 is 4.74 Å². The fourth-order valence-corrected chi connectivity index (χ4v) is 1.12. The van der Waals surface area contributed by atoms with Gasteiger partial charge in [-0.25, -0.2) is 13.8 Å². The number of aromatic nitrogens is 1. The van der Waals surface area contributed by atoms with Crippen LogP contribution in [0.2, 0.25) is 0 Å². The summed E-state index contributed by atoms with van der Waals surface area (Å²) in [6, 6.07) is 1.44. The van der Waals surface area contributed by atoms with E-state index in [9.17, 15) is 18.9 Å². The van der Waals surface area contributed by atoms with Crippen molar-refractivity contribution in [1.82, 2.24) is 4.98 Å². The predicted octanol–water partition coefficient (Wildman–Crippen LogP) is 1.81. The first-order valence-electron chi connectivity index (χ1n) is 3.92. The Labute approximate surface area is 88.2 Å². The summed E-state index contributed by atoms with van der Waals surface area (Å²) < 4.78 is 29.5. The normalized spacial score (nSPS) is 9.94. The Morgan fingerprint density at radius 2 is 2.31 bits per heavy atom. The molecule has 0 aromatic carbocycles. The van der Waals surface area contributed by atoms with Crippen molar-refractivity contribution >= 4 is 5.69 Å². The lowest BCUT2D eigenvalue weighted by molar-refractivity contribution is -0.386. The fourth-order valence-electron chi connectivity index (χ4n) is 1.12. The average molecular weight is 229 g/mol. The van der Waals surface area contributed by atoms with Crippen LogP contribution in [0.4, 0.5) is 14.5 Å². The second-order valence-corrected chi connectivity index (χ2v) is 2.61. The molecule has 0 spiro atoms. The molecule has 8 heteroatoms. The van der Waals surface area contributed by atoms with E-state index < -0.39 is 34.0 Å². The lowest BCUT2D eigenvalue weighted by atomic mass is 10.2.